The van der Waals surface area contributed by atoms with Gasteiger partial charge in [-0.25, -0.2) is 4.79 Å². The lowest BCUT2D eigenvalue weighted by Crippen LogP contribution is -2.08. The number of hydrogen-bond donors (Lipinski definition) is 0. The lowest BCUT2D eigenvalue weighted by atomic mass is 10.1. The highest BCUT2D eigenvalue weighted by Crippen LogP contribution is 2.36. The highest BCUT2D eigenvalue weighted by molar-refractivity contribution is 6.32. The summed E-state index contributed by atoms with van der Waals surface area (Å²) in [6.45, 7) is 6.63. The van der Waals surface area contributed by atoms with Crippen LogP contribution in [0.3, 0.4) is 0 Å². The predicted octanol–water partition coefficient (Wildman–Crippen LogP) is 4.47. The van der Waals surface area contributed by atoms with Gasteiger partial charge in [-0.15, -0.1) is 0 Å². The standard InChI is InChI=1S/C19H25ClN2O5/c1-5-6-16-21-17(27-22-16)11-26-19(23)13-9-14(20)18(15(10-13)24-4)25-8-7-12(2)3/h9-10,12H,5-8,11H2,1-4H3. The molecule has 0 radical (unpaired) electrons. The number of nitrogens with zero attached hydrogens (tertiary/aromatic N) is 2. The van der Waals surface area contributed by atoms with E-state index in [1.807, 2.05) is 6.92 Å². The molecular formula is C19H25ClN2O5. The molecule has 0 aliphatic heterocycles. The Kier molecular flexibility index (Phi) is 7.91. The topological polar surface area (TPSA) is 83.7 Å². The molecule has 0 saturated carbocycles. The van der Waals surface area contributed by atoms with Crippen molar-refractivity contribution < 1.29 is 23.5 Å². The van der Waals surface area contributed by atoms with Crippen LogP contribution in [0.4, 0.5) is 0 Å². The van der Waals surface area contributed by atoms with Gasteiger partial charge in [0.05, 0.1) is 24.3 Å². The van der Waals surface area contributed by atoms with Crippen molar-refractivity contribution in [2.45, 2.75) is 46.6 Å². The average molecular weight is 397 g/mol. The van der Waals surface area contributed by atoms with Crippen LogP contribution in [0, 0.1) is 5.92 Å². The molecule has 0 fully saturated rings. The predicted molar refractivity (Wildman–Crippen MR) is 100 cm³/mol. The zero-order valence-corrected chi connectivity index (χ0v) is 16.8. The Hall–Kier alpha value is -2.28. The molecule has 0 N–H and O–H groups in total. The third kappa shape index (κ3) is 6.13. The minimum absolute atomic E-state index is 0.109. The number of esters is 1. The third-order valence-electron chi connectivity index (χ3n) is 3.72. The van der Waals surface area contributed by atoms with Crippen LogP contribution in [0.15, 0.2) is 16.7 Å². The van der Waals surface area contributed by atoms with Gasteiger partial charge in [0.2, 0.25) is 0 Å². The molecule has 148 valence electrons. The minimum atomic E-state index is -0.570. The van der Waals surface area contributed by atoms with Crippen LogP contribution < -0.4 is 9.47 Å². The van der Waals surface area contributed by atoms with Gasteiger partial charge in [0.15, 0.2) is 23.9 Å². The number of carbonyl (C=O) groups excluding carboxylic acids is 1. The van der Waals surface area contributed by atoms with Crippen LogP contribution >= 0.6 is 11.6 Å². The summed E-state index contributed by atoms with van der Waals surface area (Å²) >= 11 is 6.27. The zero-order valence-electron chi connectivity index (χ0n) is 16.1. The zero-order chi connectivity index (χ0) is 19.8. The van der Waals surface area contributed by atoms with Crippen molar-refractivity contribution in [2.24, 2.45) is 5.92 Å². The van der Waals surface area contributed by atoms with Gasteiger partial charge in [0.25, 0.3) is 5.89 Å². The van der Waals surface area contributed by atoms with E-state index >= 15 is 0 Å². The molecule has 0 unspecified atom stereocenters. The summed E-state index contributed by atoms with van der Waals surface area (Å²) in [4.78, 5) is 16.5. The number of ether oxygens (including phenoxy) is 3. The summed E-state index contributed by atoms with van der Waals surface area (Å²) in [6, 6.07) is 3.03. The second-order valence-corrected chi connectivity index (χ2v) is 6.86. The summed E-state index contributed by atoms with van der Waals surface area (Å²) < 4.78 is 21.3. The minimum Gasteiger partial charge on any atom is -0.493 e. The summed E-state index contributed by atoms with van der Waals surface area (Å²) in [5, 5.41) is 4.10. The van der Waals surface area contributed by atoms with E-state index in [0.717, 1.165) is 12.8 Å². The van der Waals surface area contributed by atoms with Gasteiger partial charge in [-0.1, -0.05) is 37.5 Å². The maximum absolute atomic E-state index is 12.3. The number of halogens is 1. The first-order chi connectivity index (χ1) is 12.9. The molecule has 0 amide bonds. The quantitative estimate of drug-likeness (QED) is 0.548. The maximum atomic E-state index is 12.3. The van der Waals surface area contributed by atoms with Gasteiger partial charge in [-0.2, -0.15) is 4.98 Å². The Labute approximate surface area is 163 Å². The van der Waals surface area contributed by atoms with Crippen LogP contribution in [-0.2, 0) is 17.8 Å². The van der Waals surface area contributed by atoms with Crippen LogP contribution in [-0.4, -0.2) is 29.8 Å². The first-order valence-corrected chi connectivity index (χ1v) is 9.31. The fourth-order valence-electron chi connectivity index (χ4n) is 2.26. The SMILES string of the molecule is CCCc1noc(COC(=O)c2cc(Cl)c(OCCC(C)C)c(OC)c2)n1. The molecular weight excluding hydrogens is 372 g/mol. The average Bonchev–Trinajstić information content (AvgIpc) is 3.08. The molecule has 7 nitrogen and oxygen atoms in total. The molecule has 0 aliphatic rings. The van der Waals surface area contributed by atoms with Crippen molar-refractivity contribution >= 4 is 17.6 Å². The third-order valence-corrected chi connectivity index (χ3v) is 4.00. The van der Waals surface area contributed by atoms with E-state index in [2.05, 4.69) is 24.0 Å². The van der Waals surface area contributed by atoms with Crippen LogP contribution in [0.2, 0.25) is 5.02 Å². The lowest BCUT2D eigenvalue weighted by Gasteiger charge is -2.14. The molecule has 0 bridgehead atoms. The molecule has 2 rings (SSSR count). The summed E-state index contributed by atoms with van der Waals surface area (Å²) in [6.07, 6.45) is 2.50. The van der Waals surface area contributed by atoms with Gasteiger partial charge in [0, 0.05) is 6.42 Å². The molecule has 0 atom stereocenters. The van der Waals surface area contributed by atoms with E-state index in [4.69, 9.17) is 30.3 Å². The molecule has 0 spiro atoms. The first-order valence-electron chi connectivity index (χ1n) is 8.93. The fourth-order valence-corrected chi connectivity index (χ4v) is 2.52. The Morgan fingerprint density at radius 2 is 2.11 bits per heavy atom. The fraction of sp³-hybridized carbons (Fsp3) is 0.526. The Morgan fingerprint density at radius 1 is 1.33 bits per heavy atom. The van der Waals surface area contributed by atoms with Crippen molar-refractivity contribution in [3.8, 4) is 11.5 Å². The van der Waals surface area contributed by atoms with Crippen molar-refractivity contribution in [2.75, 3.05) is 13.7 Å². The van der Waals surface area contributed by atoms with Gasteiger partial charge >= 0.3 is 5.97 Å². The highest BCUT2D eigenvalue weighted by Gasteiger charge is 2.18. The van der Waals surface area contributed by atoms with Gasteiger partial charge in [-0.05, 0) is 30.9 Å². The maximum Gasteiger partial charge on any atom is 0.338 e. The number of methoxy groups -OCH3 is 1. The number of carbonyl (C=O) groups is 1. The molecule has 1 aromatic heterocycles. The summed E-state index contributed by atoms with van der Waals surface area (Å²) in [5.41, 5.74) is 0.251. The normalized spacial score (nSPS) is 10.9. The van der Waals surface area contributed by atoms with Crippen molar-refractivity contribution in [3.05, 3.63) is 34.4 Å². The van der Waals surface area contributed by atoms with Gasteiger partial charge in [-0.3, -0.25) is 0 Å². The number of aromatic nitrogens is 2. The number of rotatable bonds is 10. The van der Waals surface area contributed by atoms with E-state index in [-0.39, 0.29) is 23.1 Å². The number of benzene rings is 1. The Bertz CT molecular complexity index is 761. The molecule has 1 aromatic carbocycles. The van der Waals surface area contributed by atoms with Crippen LogP contribution in [0.1, 0.15) is 55.7 Å². The molecule has 27 heavy (non-hydrogen) atoms. The van der Waals surface area contributed by atoms with E-state index < -0.39 is 5.97 Å². The second-order valence-electron chi connectivity index (χ2n) is 6.45. The molecule has 8 heteroatoms. The van der Waals surface area contributed by atoms with E-state index in [0.29, 0.717) is 36.3 Å². The largest absolute Gasteiger partial charge is 0.493 e. The van der Waals surface area contributed by atoms with E-state index in [1.54, 1.807) is 0 Å². The Morgan fingerprint density at radius 3 is 2.78 bits per heavy atom. The van der Waals surface area contributed by atoms with E-state index in [1.165, 1.54) is 19.2 Å². The first kappa shape index (κ1) is 21.0. The lowest BCUT2D eigenvalue weighted by molar-refractivity contribution is 0.0429. The summed E-state index contributed by atoms with van der Waals surface area (Å²) in [7, 11) is 1.49. The highest BCUT2D eigenvalue weighted by atomic mass is 35.5. The van der Waals surface area contributed by atoms with Gasteiger partial charge < -0.3 is 18.7 Å². The summed E-state index contributed by atoms with van der Waals surface area (Å²) in [5.74, 6) is 1.57. The van der Waals surface area contributed by atoms with Gasteiger partial charge in [0.1, 0.15) is 0 Å². The second kappa shape index (κ2) is 10.2. The number of aryl methyl sites for hydroxylation is 1. The van der Waals surface area contributed by atoms with Crippen molar-refractivity contribution in [3.63, 3.8) is 0 Å². The van der Waals surface area contributed by atoms with Crippen LogP contribution in [0.5, 0.6) is 11.5 Å². The van der Waals surface area contributed by atoms with E-state index in [9.17, 15) is 4.79 Å². The smallest absolute Gasteiger partial charge is 0.338 e. The molecule has 2 aromatic rings. The number of hydrogen-bond acceptors (Lipinski definition) is 7. The van der Waals surface area contributed by atoms with Crippen molar-refractivity contribution in [1.82, 2.24) is 10.1 Å². The van der Waals surface area contributed by atoms with Crippen LogP contribution in [0.25, 0.3) is 0 Å². The molecule has 0 aliphatic carbocycles. The molecule has 0 saturated heterocycles. The van der Waals surface area contributed by atoms with Crippen molar-refractivity contribution in [1.29, 1.82) is 0 Å². The Balaban J connectivity index is 2.03. The monoisotopic (exact) mass is 396 g/mol. The molecule has 1 heterocycles.